The van der Waals surface area contributed by atoms with Crippen molar-refractivity contribution in [3.05, 3.63) is 0 Å². The van der Waals surface area contributed by atoms with E-state index in [9.17, 15) is 0 Å². The molecule has 0 aromatic heterocycles. The fourth-order valence-electron chi connectivity index (χ4n) is 0. The summed E-state index contributed by atoms with van der Waals surface area (Å²) in [5, 5.41) is 0. The van der Waals surface area contributed by atoms with Crippen molar-refractivity contribution in [3.8, 4) is 0 Å². The van der Waals surface area contributed by atoms with Gasteiger partial charge in [-0.15, -0.1) is 0 Å². The summed E-state index contributed by atoms with van der Waals surface area (Å²) >= 11 is 0. The first-order valence-corrected chi connectivity index (χ1v) is 0.816. The summed E-state index contributed by atoms with van der Waals surface area (Å²) in [6.07, 6.45) is 0. The maximum Gasteiger partial charge on any atom is 0.0351 e. The molecule has 0 spiro atoms. The van der Waals surface area contributed by atoms with Crippen LogP contribution in [0.2, 0.25) is 0 Å². The van der Waals surface area contributed by atoms with E-state index in [1.807, 2.05) is 0 Å². The highest BCUT2D eigenvalue weighted by molar-refractivity contribution is 7.59. The van der Waals surface area contributed by atoms with E-state index in [0.29, 0.717) is 0 Å². The quantitative estimate of drug-likeness (QED) is 0.408. The summed E-state index contributed by atoms with van der Waals surface area (Å²) < 4.78 is 4.25. The number of ether oxygens (including phenoxy) is 1. The number of rotatable bonds is 0. The summed E-state index contributed by atoms with van der Waals surface area (Å²) in [5.74, 6) is 0. The van der Waals surface area contributed by atoms with Crippen molar-refractivity contribution < 1.29 is 4.74 Å². The first kappa shape index (κ1) is 8.85. The lowest BCUT2D eigenvalue weighted by Gasteiger charge is -1.61. The van der Waals surface area contributed by atoms with Gasteiger partial charge in [0.2, 0.25) is 0 Å². The minimum atomic E-state index is 0. The fraction of sp³-hybridized carbons (Fsp3) is 1.00. The van der Waals surface area contributed by atoms with Crippen LogP contribution in [0.5, 0.6) is 0 Å². The predicted octanol–water partition coefficient (Wildman–Crippen LogP) is 0.375. The van der Waals surface area contributed by atoms with Crippen molar-refractivity contribution in [1.82, 2.24) is 0 Å². The van der Waals surface area contributed by atoms with Crippen molar-refractivity contribution in [3.63, 3.8) is 0 Å². The molecule has 0 saturated heterocycles. The van der Waals surface area contributed by atoms with Gasteiger partial charge in [0.05, 0.1) is 0 Å². The Morgan fingerprint density at radius 2 is 1.25 bits per heavy atom. The minimum absolute atomic E-state index is 0. The molecule has 0 atom stereocenters. The Balaban J connectivity index is 0. The maximum absolute atomic E-state index is 4.25. The van der Waals surface area contributed by atoms with Gasteiger partial charge in [0.15, 0.2) is 0 Å². The Kier molecular flexibility index (Phi) is 22.8. The van der Waals surface area contributed by atoms with Crippen molar-refractivity contribution in [1.29, 1.82) is 0 Å². The van der Waals surface area contributed by atoms with Crippen LogP contribution >= 0.6 is 13.5 Å². The summed E-state index contributed by atoms with van der Waals surface area (Å²) in [4.78, 5) is 0. The summed E-state index contributed by atoms with van der Waals surface area (Å²) in [7, 11) is 3.25. The Labute approximate surface area is 33.4 Å². The highest BCUT2D eigenvalue weighted by atomic mass is 32.1. The van der Waals surface area contributed by atoms with E-state index in [-0.39, 0.29) is 13.5 Å². The van der Waals surface area contributed by atoms with Gasteiger partial charge in [0.1, 0.15) is 0 Å². The van der Waals surface area contributed by atoms with E-state index in [4.69, 9.17) is 0 Å². The monoisotopic (exact) mass is 80.0 g/mol. The van der Waals surface area contributed by atoms with Gasteiger partial charge in [-0.25, -0.2) is 0 Å². The molecule has 0 bridgehead atoms. The smallest absolute Gasteiger partial charge is 0.0351 e. The van der Waals surface area contributed by atoms with Gasteiger partial charge in [0, 0.05) is 14.2 Å². The largest absolute Gasteiger partial charge is 0.388 e. The van der Waals surface area contributed by atoms with Crippen LogP contribution in [0.15, 0.2) is 0 Å². The van der Waals surface area contributed by atoms with Crippen LogP contribution in [0.4, 0.5) is 0 Å². The van der Waals surface area contributed by atoms with Crippen molar-refractivity contribution in [2.45, 2.75) is 0 Å². The predicted molar refractivity (Wildman–Crippen MR) is 23.3 cm³/mol. The van der Waals surface area contributed by atoms with E-state index >= 15 is 0 Å². The van der Waals surface area contributed by atoms with Gasteiger partial charge >= 0.3 is 0 Å². The van der Waals surface area contributed by atoms with Crippen LogP contribution in [0, 0.1) is 0 Å². The maximum atomic E-state index is 4.25. The second-order valence-electron chi connectivity index (χ2n) is 0.408. The average Bonchev–Trinajstić information content (AvgIpc) is 0.918. The highest BCUT2D eigenvalue weighted by Gasteiger charge is 1.25. The van der Waals surface area contributed by atoms with Gasteiger partial charge in [-0.3, -0.25) is 0 Å². The highest BCUT2D eigenvalue weighted by Crippen LogP contribution is 1.28. The fourth-order valence-corrected chi connectivity index (χ4v) is 0. The molecule has 0 amide bonds. The Morgan fingerprint density at radius 3 is 1.25 bits per heavy atom. The first-order valence-electron chi connectivity index (χ1n) is 0.816. The molecule has 0 aliphatic heterocycles. The molecular weight excluding hydrogens is 72.1 g/mol. The van der Waals surface area contributed by atoms with Crippen LogP contribution in [-0.2, 0) is 4.74 Å². The molecule has 0 unspecified atom stereocenters. The molecular formula is C2H8OS. The molecule has 0 N–H and O–H groups in total. The van der Waals surface area contributed by atoms with Crippen LogP contribution in [-0.4, -0.2) is 14.2 Å². The van der Waals surface area contributed by atoms with Crippen LogP contribution in [0.1, 0.15) is 0 Å². The number of hydrogen-bond donors (Lipinski definition) is 0. The summed E-state index contributed by atoms with van der Waals surface area (Å²) in [6.45, 7) is 0. The van der Waals surface area contributed by atoms with Crippen LogP contribution in [0.25, 0.3) is 0 Å². The zero-order chi connectivity index (χ0) is 2.71. The molecule has 0 fully saturated rings. The lowest BCUT2D eigenvalue weighted by Crippen LogP contribution is -1.55. The zero-order valence-electron chi connectivity index (χ0n) is 2.91. The molecule has 0 heterocycles. The molecule has 0 radical (unpaired) electrons. The molecule has 0 aromatic rings. The van der Waals surface area contributed by atoms with E-state index in [1.165, 1.54) is 0 Å². The third-order valence-electron chi connectivity index (χ3n) is 0. The first-order chi connectivity index (χ1) is 1.41. The molecule has 0 aromatic carbocycles. The van der Waals surface area contributed by atoms with Crippen LogP contribution in [0.3, 0.4) is 0 Å². The second-order valence-corrected chi connectivity index (χ2v) is 0.408. The van der Waals surface area contributed by atoms with E-state index in [1.54, 1.807) is 14.2 Å². The normalized spacial score (nSPS) is 4.50. The number of hydrogen-bond acceptors (Lipinski definition) is 1. The molecule has 0 rings (SSSR count). The molecule has 0 saturated carbocycles. The topological polar surface area (TPSA) is 9.23 Å². The minimum Gasteiger partial charge on any atom is -0.388 e. The lowest BCUT2D eigenvalue weighted by atomic mass is 11.6. The lowest BCUT2D eigenvalue weighted by molar-refractivity contribution is 0.277. The van der Waals surface area contributed by atoms with Crippen molar-refractivity contribution in [2.24, 2.45) is 0 Å². The third kappa shape index (κ3) is 41.3. The molecule has 1 nitrogen and oxygen atoms in total. The van der Waals surface area contributed by atoms with E-state index < -0.39 is 0 Å². The van der Waals surface area contributed by atoms with Gasteiger partial charge < -0.3 is 4.74 Å². The van der Waals surface area contributed by atoms with Crippen molar-refractivity contribution in [2.75, 3.05) is 14.2 Å². The van der Waals surface area contributed by atoms with Crippen molar-refractivity contribution >= 4 is 13.5 Å². The molecule has 2 heteroatoms. The Bertz CT molecular complexity index is 6.00. The molecule has 28 valence electrons. The molecule has 4 heavy (non-hydrogen) atoms. The average molecular weight is 80.2 g/mol. The summed E-state index contributed by atoms with van der Waals surface area (Å²) in [6, 6.07) is 0. The van der Waals surface area contributed by atoms with Gasteiger partial charge in [-0.2, -0.15) is 13.5 Å². The van der Waals surface area contributed by atoms with Gasteiger partial charge in [-0.1, -0.05) is 0 Å². The molecule has 0 aliphatic rings. The second kappa shape index (κ2) is 10.3. The summed E-state index contributed by atoms with van der Waals surface area (Å²) in [5.41, 5.74) is 0. The molecule has 0 aliphatic carbocycles. The third-order valence-corrected chi connectivity index (χ3v) is 0. The SMILES string of the molecule is COC.S. The standard InChI is InChI=1S/C2H6O.H2S/c1-3-2;/h1-2H3;1H2. The van der Waals surface area contributed by atoms with Crippen LogP contribution < -0.4 is 0 Å². The zero-order valence-corrected chi connectivity index (χ0v) is 3.91. The Morgan fingerprint density at radius 1 is 1.25 bits per heavy atom. The number of methoxy groups -OCH3 is 1. The van der Waals surface area contributed by atoms with Gasteiger partial charge in [-0.05, 0) is 0 Å². The Hall–Kier alpha value is 0.310. The van der Waals surface area contributed by atoms with E-state index in [2.05, 4.69) is 4.74 Å². The van der Waals surface area contributed by atoms with Gasteiger partial charge in [0.25, 0.3) is 0 Å². The van der Waals surface area contributed by atoms with E-state index in [0.717, 1.165) is 0 Å².